The van der Waals surface area contributed by atoms with Gasteiger partial charge in [0.05, 0.1) is 17.9 Å². The van der Waals surface area contributed by atoms with Crippen molar-refractivity contribution < 1.29 is 18.3 Å². The second-order valence-electron chi connectivity index (χ2n) is 5.52. The summed E-state index contributed by atoms with van der Waals surface area (Å²) in [5.74, 6) is -0.226. The molecule has 1 aliphatic rings. The number of halogens is 2. The van der Waals surface area contributed by atoms with Gasteiger partial charge in [0.2, 0.25) is 0 Å². The minimum atomic E-state index is -3.73. The average Bonchev–Trinajstić information content (AvgIpc) is 2.95. The Labute approximate surface area is 155 Å². The summed E-state index contributed by atoms with van der Waals surface area (Å²) in [4.78, 5) is 22.6. The molecule has 0 N–H and O–H groups in total. The Morgan fingerprint density at radius 3 is 2.89 bits per heavy atom. The molecule has 0 spiro atoms. The largest absolute Gasteiger partial charge is 0.586 e. The number of pyridine rings is 1. The first-order chi connectivity index (χ1) is 13.0. The lowest BCUT2D eigenvalue weighted by atomic mass is 10.2. The van der Waals surface area contributed by atoms with Crippen LogP contribution >= 0.6 is 11.3 Å². The standard InChI is InChI=1S/C17H10F2N4O3S/c18-17(19)25-12-5-4-10(9-13(12)26-17)23(8-2-6-20)16-22-14(24)11-3-1-7-21-15(11)27-16/h1,3-5,7,9H,2,8H2. The quantitative estimate of drug-likeness (QED) is 0.677. The van der Waals surface area contributed by atoms with E-state index in [4.69, 9.17) is 5.26 Å². The van der Waals surface area contributed by atoms with Crippen LogP contribution in [0.3, 0.4) is 0 Å². The van der Waals surface area contributed by atoms with Gasteiger partial charge in [0.1, 0.15) is 4.83 Å². The van der Waals surface area contributed by atoms with Gasteiger partial charge in [-0.05, 0) is 24.3 Å². The summed E-state index contributed by atoms with van der Waals surface area (Å²) in [5, 5.41) is 9.63. The molecule has 1 aliphatic heterocycles. The highest BCUT2D eigenvalue weighted by Gasteiger charge is 2.43. The molecule has 1 aromatic carbocycles. The fraction of sp³-hybridized carbons (Fsp3) is 0.176. The molecule has 10 heteroatoms. The molecule has 3 aromatic rings. The predicted octanol–water partition coefficient (Wildman–Crippen LogP) is 3.42. The maximum Gasteiger partial charge on any atom is 0.586 e. The van der Waals surface area contributed by atoms with Crippen LogP contribution in [0.1, 0.15) is 6.42 Å². The van der Waals surface area contributed by atoms with Crippen LogP contribution in [-0.4, -0.2) is 22.8 Å². The number of alkyl halides is 2. The van der Waals surface area contributed by atoms with E-state index in [1.807, 2.05) is 6.07 Å². The number of hydrogen-bond acceptors (Lipinski definition) is 8. The van der Waals surface area contributed by atoms with Crippen molar-refractivity contribution in [3.05, 3.63) is 46.9 Å². The van der Waals surface area contributed by atoms with E-state index in [0.29, 0.717) is 21.0 Å². The summed E-state index contributed by atoms with van der Waals surface area (Å²) in [6.45, 7) is 0.202. The number of nitriles is 1. The number of fused-ring (bicyclic) bond motifs is 2. The van der Waals surface area contributed by atoms with Gasteiger partial charge >= 0.3 is 6.29 Å². The number of benzene rings is 1. The number of anilines is 2. The summed E-state index contributed by atoms with van der Waals surface area (Å²) >= 11 is 1.16. The zero-order valence-corrected chi connectivity index (χ0v) is 14.4. The number of rotatable bonds is 4. The molecule has 2 aromatic heterocycles. The normalized spacial score (nSPS) is 14.1. The highest BCUT2D eigenvalue weighted by Crippen LogP contribution is 2.44. The molecule has 3 heterocycles. The second-order valence-corrected chi connectivity index (χ2v) is 6.47. The van der Waals surface area contributed by atoms with E-state index < -0.39 is 11.9 Å². The van der Waals surface area contributed by atoms with Gasteiger partial charge < -0.3 is 14.4 Å². The van der Waals surface area contributed by atoms with E-state index in [2.05, 4.69) is 19.4 Å². The average molecular weight is 388 g/mol. The van der Waals surface area contributed by atoms with E-state index in [9.17, 15) is 13.6 Å². The summed E-state index contributed by atoms with van der Waals surface area (Å²) < 4.78 is 35.4. The zero-order valence-electron chi connectivity index (χ0n) is 13.6. The third-order valence-corrected chi connectivity index (χ3v) is 4.77. The molecule has 0 radical (unpaired) electrons. The summed E-state index contributed by atoms with van der Waals surface area (Å²) in [6, 6.07) is 9.51. The van der Waals surface area contributed by atoms with Gasteiger partial charge in [0.15, 0.2) is 16.6 Å². The third kappa shape index (κ3) is 3.24. The van der Waals surface area contributed by atoms with Crippen LogP contribution in [-0.2, 0) is 0 Å². The van der Waals surface area contributed by atoms with Gasteiger partial charge in [0, 0.05) is 24.5 Å². The van der Waals surface area contributed by atoms with Gasteiger partial charge in [-0.3, -0.25) is 4.79 Å². The lowest BCUT2D eigenvalue weighted by Gasteiger charge is -2.22. The first-order valence-electron chi connectivity index (χ1n) is 7.77. The van der Waals surface area contributed by atoms with Crippen LogP contribution in [0.25, 0.3) is 10.2 Å². The van der Waals surface area contributed by atoms with Crippen LogP contribution in [0.2, 0.25) is 0 Å². The first kappa shape index (κ1) is 17.1. The molecule has 0 atom stereocenters. The lowest BCUT2D eigenvalue weighted by molar-refractivity contribution is -0.286. The molecular formula is C17H10F2N4O3S. The Balaban J connectivity index is 1.79. The molecule has 0 unspecified atom stereocenters. The van der Waals surface area contributed by atoms with Crippen molar-refractivity contribution in [2.75, 3.05) is 11.4 Å². The molecule has 27 heavy (non-hydrogen) atoms. The van der Waals surface area contributed by atoms with Crippen LogP contribution in [0.4, 0.5) is 19.6 Å². The topological polar surface area (TPSA) is 88.3 Å². The Hall–Kier alpha value is -3.32. The minimum Gasteiger partial charge on any atom is -0.395 e. The van der Waals surface area contributed by atoms with Crippen LogP contribution in [0, 0.1) is 11.3 Å². The van der Waals surface area contributed by atoms with Crippen molar-refractivity contribution in [1.82, 2.24) is 9.97 Å². The van der Waals surface area contributed by atoms with Gasteiger partial charge in [-0.15, -0.1) is 8.78 Å². The zero-order chi connectivity index (χ0) is 19.0. The van der Waals surface area contributed by atoms with Crippen molar-refractivity contribution in [3.63, 3.8) is 0 Å². The Morgan fingerprint density at radius 2 is 2.07 bits per heavy atom. The van der Waals surface area contributed by atoms with E-state index >= 15 is 0 Å². The van der Waals surface area contributed by atoms with Crippen LogP contribution in [0.5, 0.6) is 11.5 Å². The molecule has 7 nitrogen and oxygen atoms in total. The molecule has 0 saturated carbocycles. The van der Waals surface area contributed by atoms with Gasteiger partial charge in [-0.1, -0.05) is 11.3 Å². The first-order valence-corrected chi connectivity index (χ1v) is 8.59. The highest BCUT2D eigenvalue weighted by molar-refractivity contribution is 7.21. The fourth-order valence-electron chi connectivity index (χ4n) is 2.61. The highest BCUT2D eigenvalue weighted by atomic mass is 32.1. The van der Waals surface area contributed by atoms with Crippen LogP contribution < -0.4 is 19.9 Å². The summed E-state index contributed by atoms with van der Waals surface area (Å²) in [7, 11) is 0. The van der Waals surface area contributed by atoms with Gasteiger partial charge in [-0.2, -0.15) is 10.2 Å². The van der Waals surface area contributed by atoms with Crippen molar-refractivity contribution in [1.29, 1.82) is 5.26 Å². The predicted molar refractivity (Wildman–Crippen MR) is 93.6 cm³/mol. The van der Waals surface area contributed by atoms with Crippen LogP contribution in [0.15, 0.2) is 41.3 Å². The molecule has 0 amide bonds. The smallest absolute Gasteiger partial charge is 0.395 e. The van der Waals surface area contributed by atoms with E-state index in [0.717, 1.165) is 11.3 Å². The van der Waals surface area contributed by atoms with E-state index in [1.54, 1.807) is 23.2 Å². The Bertz CT molecular complexity index is 1130. The number of nitrogens with zero attached hydrogens (tertiary/aromatic N) is 4. The summed E-state index contributed by atoms with van der Waals surface area (Å²) in [6.07, 6.45) is -2.04. The molecule has 4 rings (SSSR count). The third-order valence-electron chi connectivity index (χ3n) is 3.76. The van der Waals surface area contributed by atoms with Crippen molar-refractivity contribution in [3.8, 4) is 17.6 Å². The molecule has 0 aliphatic carbocycles. The summed E-state index contributed by atoms with van der Waals surface area (Å²) in [5.41, 5.74) is -0.0233. The SMILES string of the molecule is N#CCCN(c1ccc2c(c1)OC(F)(F)O2)c1nc(=O)c2cccnc2s1. The Kier molecular flexibility index (Phi) is 4.08. The lowest BCUT2D eigenvalue weighted by Crippen LogP contribution is -2.26. The molecule has 0 fully saturated rings. The monoisotopic (exact) mass is 388 g/mol. The van der Waals surface area contributed by atoms with Gasteiger partial charge in [0.25, 0.3) is 5.56 Å². The molecule has 0 bridgehead atoms. The maximum atomic E-state index is 13.3. The minimum absolute atomic E-state index is 0.0923. The Morgan fingerprint density at radius 1 is 1.26 bits per heavy atom. The molecular weight excluding hydrogens is 378 g/mol. The second kappa shape index (κ2) is 6.44. The van der Waals surface area contributed by atoms with E-state index in [-0.39, 0.29) is 24.5 Å². The van der Waals surface area contributed by atoms with Crippen molar-refractivity contribution in [2.24, 2.45) is 0 Å². The maximum absolute atomic E-state index is 13.3. The number of ether oxygens (including phenoxy) is 2. The molecule has 0 saturated heterocycles. The van der Waals surface area contributed by atoms with Crippen molar-refractivity contribution in [2.45, 2.75) is 12.7 Å². The molecule has 136 valence electrons. The fourth-order valence-corrected chi connectivity index (χ4v) is 3.60. The van der Waals surface area contributed by atoms with Crippen molar-refractivity contribution >= 4 is 32.4 Å². The van der Waals surface area contributed by atoms with Gasteiger partial charge in [-0.25, -0.2) is 4.98 Å². The number of aromatic nitrogens is 2. The van der Waals surface area contributed by atoms with E-state index in [1.165, 1.54) is 18.2 Å². The number of hydrogen-bond donors (Lipinski definition) is 0.